The summed E-state index contributed by atoms with van der Waals surface area (Å²) in [5, 5.41) is 1.17. The molecule has 0 spiro atoms. The molecule has 1 aliphatic heterocycles. The van der Waals surface area contributed by atoms with E-state index in [1.54, 1.807) is 0 Å². The first kappa shape index (κ1) is 42.5. The summed E-state index contributed by atoms with van der Waals surface area (Å²) in [6, 6.07) is 43.8. The zero-order valence-electron chi connectivity index (χ0n) is 35.4. The Balaban J connectivity index is 0.943. The van der Waals surface area contributed by atoms with Crippen molar-refractivity contribution in [2.24, 2.45) is 0 Å². The smallest absolute Gasteiger partial charge is 0.332 e. The summed E-state index contributed by atoms with van der Waals surface area (Å²) in [4.78, 5) is 14.2. The summed E-state index contributed by atoms with van der Waals surface area (Å²) in [5.41, 5.74) is 7.60. The van der Waals surface area contributed by atoms with E-state index in [0.29, 0.717) is 39.6 Å². The van der Waals surface area contributed by atoms with Crippen LogP contribution in [0.15, 0.2) is 127 Å². The molecule has 5 aromatic carbocycles. The van der Waals surface area contributed by atoms with E-state index in [1.165, 1.54) is 22.2 Å². The fourth-order valence-electron chi connectivity index (χ4n) is 7.58. The van der Waals surface area contributed by atoms with Crippen molar-refractivity contribution in [2.75, 3.05) is 46.1 Å². The van der Waals surface area contributed by atoms with Gasteiger partial charge in [0.1, 0.15) is 49.3 Å². The van der Waals surface area contributed by atoms with E-state index in [1.807, 2.05) is 57.2 Å². The van der Waals surface area contributed by atoms with Gasteiger partial charge in [-0.15, -0.1) is 0 Å². The molecule has 0 saturated carbocycles. The number of esters is 1. The highest BCUT2D eigenvalue weighted by Gasteiger charge is 2.21. The van der Waals surface area contributed by atoms with Gasteiger partial charge in [-0.25, -0.2) is 4.79 Å². The van der Waals surface area contributed by atoms with Gasteiger partial charge in [0, 0.05) is 37.1 Å². The lowest BCUT2D eigenvalue weighted by Gasteiger charge is -2.31. The van der Waals surface area contributed by atoms with Crippen LogP contribution in [0, 0.1) is 6.92 Å². The summed E-state index contributed by atoms with van der Waals surface area (Å²) in [6.07, 6.45) is 2.13. The lowest BCUT2D eigenvalue weighted by Crippen LogP contribution is -2.39. The number of aromatic nitrogens is 1. The van der Waals surface area contributed by atoms with Crippen LogP contribution in [0.1, 0.15) is 55.9 Å². The predicted molar refractivity (Wildman–Crippen MR) is 237 cm³/mol. The number of ether oxygens (including phenoxy) is 6. The minimum absolute atomic E-state index is 0.0538. The number of carbonyl (C=O) groups is 1. The Morgan fingerprint density at radius 2 is 1.27 bits per heavy atom. The van der Waals surface area contributed by atoms with E-state index < -0.39 is 5.60 Å². The second-order valence-corrected chi connectivity index (χ2v) is 16.4. The Bertz CT molecular complexity index is 2240. The van der Waals surface area contributed by atoms with Gasteiger partial charge in [-0.1, -0.05) is 72.8 Å². The maximum Gasteiger partial charge on any atom is 0.332 e. The Morgan fingerprint density at radius 1 is 0.667 bits per heavy atom. The number of hydrogen-bond donors (Lipinski definition) is 0. The number of rotatable bonds is 19. The van der Waals surface area contributed by atoms with Crippen LogP contribution in [0.2, 0.25) is 0 Å². The minimum Gasteiger partial charge on any atom is -0.492 e. The third-order valence-electron chi connectivity index (χ3n) is 10.6. The summed E-state index contributed by atoms with van der Waals surface area (Å²) >= 11 is 0. The van der Waals surface area contributed by atoms with E-state index in [-0.39, 0.29) is 18.7 Å². The Labute approximate surface area is 354 Å². The number of likely N-dealkylation sites (tertiary alicyclic amines) is 1. The molecule has 9 heteroatoms. The number of benzene rings is 5. The van der Waals surface area contributed by atoms with Crippen LogP contribution in [-0.4, -0.2) is 73.2 Å². The largest absolute Gasteiger partial charge is 0.492 e. The molecule has 9 nitrogen and oxygen atoms in total. The first-order chi connectivity index (χ1) is 29.2. The average molecular weight is 811 g/mol. The lowest BCUT2D eigenvalue weighted by atomic mass is 10.1. The second-order valence-electron chi connectivity index (χ2n) is 16.4. The van der Waals surface area contributed by atoms with Gasteiger partial charge in [-0.3, -0.25) is 4.90 Å². The SMILES string of the molecule is Cc1c(-c2ccc(OCc3ccccc3)cc2)n(Cc2ccc(OCCN3CCC(OCCOCC(=O)OC(C)(C)C)CC3)cc2)c2ccc(OCc3ccccc3)cc12. The van der Waals surface area contributed by atoms with E-state index in [2.05, 4.69) is 107 Å². The molecule has 0 amide bonds. The van der Waals surface area contributed by atoms with E-state index in [4.69, 9.17) is 28.4 Å². The maximum atomic E-state index is 11.8. The van der Waals surface area contributed by atoms with Crippen molar-refractivity contribution < 1.29 is 33.2 Å². The predicted octanol–water partition coefficient (Wildman–Crippen LogP) is 10.0. The van der Waals surface area contributed by atoms with E-state index >= 15 is 0 Å². The molecular weight excluding hydrogens is 753 g/mol. The molecule has 6 aromatic rings. The molecule has 1 fully saturated rings. The molecule has 0 aliphatic carbocycles. The lowest BCUT2D eigenvalue weighted by molar-refractivity contribution is -0.160. The van der Waals surface area contributed by atoms with Gasteiger partial charge in [-0.05, 0) is 123 Å². The number of nitrogens with zero attached hydrogens (tertiary/aromatic N) is 2. The molecule has 0 bridgehead atoms. The monoisotopic (exact) mass is 810 g/mol. The van der Waals surface area contributed by atoms with Crippen LogP contribution in [0.5, 0.6) is 17.2 Å². The van der Waals surface area contributed by atoms with Crippen LogP contribution >= 0.6 is 0 Å². The molecule has 1 aliphatic rings. The third-order valence-corrected chi connectivity index (χ3v) is 10.6. The van der Waals surface area contributed by atoms with Gasteiger partial charge in [0.25, 0.3) is 0 Å². The molecule has 314 valence electrons. The average Bonchev–Trinajstić information content (AvgIpc) is 3.53. The van der Waals surface area contributed by atoms with Crippen LogP contribution in [0.3, 0.4) is 0 Å². The molecule has 0 unspecified atom stereocenters. The van der Waals surface area contributed by atoms with Gasteiger partial charge in [0.2, 0.25) is 0 Å². The summed E-state index contributed by atoms with van der Waals surface area (Å²) in [6.45, 7) is 13.7. The first-order valence-electron chi connectivity index (χ1n) is 21.1. The molecule has 1 saturated heterocycles. The van der Waals surface area contributed by atoms with E-state index in [0.717, 1.165) is 71.9 Å². The van der Waals surface area contributed by atoms with Gasteiger partial charge in [0.05, 0.1) is 25.0 Å². The van der Waals surface area contributed by atoms with Gasteiger partial charge in [0.15, 0.2) is 0 Å². The van der Waals surface area contributed by atoms with Crippen LogP contribution < -0.4 is 14.2 Å². The van der Waals surface area contributed by atoms with Crippen molar-refractivity contribution in [3.63, 3.8) is 0 Å². The van der Waals surface area contributed by atoms with Crippen molar-refractivity contribution in [1.29, 1.82) is 0 Å². The Morgan fingerprint density at radius 3 is 1.92 bits per heavy atom. The maximum absolute atomic E-state index is 11.8. The number of fused-ring (bicyclic) bond motifs is 1. The quantitative estimate of drug-likeness (QED) is 0.0591. The van der Waals surface area contributed by atoms with Crippen molar-refractivity contribution in [3.05, 3.63) is 150 Å². The van der Waals surface area contributed by atoms with Crippen LogP contribution in [0.25, 0.3) is 22.2 Å². The first-order valence-corrected chi connectivity index (χ1v) is 21.1. The molecular formula is C51H58N2O7. The Hall–Kier alpha value is -5.61. The van der Waals surface area contributed by atoms with E-state index in [9.17, 15) is 4.79 Å². The van der Waals surface area contributed by atoms with Gasteiger partial charge < -0.3 is 33.0 Å². The Kier molecular flexibility index (Phi) is 14.6. The van der Waals surface area contributed by atoms with Crippen molar-refractivity contribution in [1.82, 2.24) is 9.47 Å². The second kappa shape index (κ2) is 20.6. The molecule has 0 atom stereocenters. The van der Waals surface area contributed by atoms with Gasteiger partial charge in [-0.2, -0.15) is 0 Å². The normalized spacial score (nSPS) is 13.7. The summed E-state index contributed by atoms with van der Waals surface area (Å²) in [5.74, 6) is 2.20. The van der Waals surface area contributed by atoms with Crippen LogP contribution in [0.4, 0.5) is 0 Å². The highest BCUT2D eigenvalue weighted by atomic mass is 16.6. The zero-order valence-corrected chi connectivity index (χ0v) is 35.4. The fourth-order valence-corrected chi connectivity index (χ4v) is 7.58. The molecule has 60 heavy (non-hydrogen) atoms. The van der Waals surface area contributed by atoms with Crippen molar-refractivity contribution in [3.8, 4) is 28.5 Å². The standard InChI is InChI=1S/C51H58N2O7/c1-38-47-33-46(59-36-41-13-9-6-10-14-41)23-24-48(47)53(50(38)42-17-21-44(22-18-42)58-35-40-11-7-5-8-12-40)34-39-15-19-43(20-16-39)56-30-29-52-27-25-45(26-28-52)57-32-31-55-37-49(54)60-51(2,3)4/h5-24,33,45H,25-32,34-37H2,1-4H3. The molecule has 2 heterocycles. The molecule has 1 aromatic heterocycles. The number of aryl methyl sites for hydroxylation is 1. The number of carbonyl (C=O) groups excluding carboxylic acids is 1. The highest BCUT2D eigenvalue weighted by molar-refractivity contribution is 5.92. The molecule has 0 N–H and O–H groups in total. The van der Waals surface area contributed by atoms with Crippen molar-refractivity contribution in [2.45, 2.75) is 72.0 Å². The number of piperidine rings is 1. The zero-order chi connectivity index (χ0) is 41.7. The minimum atomic E-state index is -0.509. The molecule has 0 radical (unpaired) electrons. The van der Waals surface area contributed by atoms with Gasteiger partial charge >= 0.3 is 5.97 Å². The number of hydrogen-bond acceptors (Lipinski definition) is 8. The molecule has 7 rings (SSSR count). The summed E-state index contributed by atoms with van der Waals surface area (Å²) in [7, 11) is 0. The van der Waals surface area contributed by atoms with Crippen molar-refractivity contribution >= 4 is 16.9 Å². The third kappa shape index (κ3) is 12.2. The summed E-state index contributed by atoms with van der Waals surface area (Å²) < 4.78 is 37.7. The highest BCUT2D eigenvalue weighted by Crippen LogP contribution is 2.37. The topological polar surface area (TPSA) is 80.6 Å². The fraction of sp³-hybridized carbons (Fsp3) is 0.353. The van der Waals surface area contributed by atoms with Crippen LogP contribution in [-0.2, 0) is 38.8 Å².